The van der Waals surface area contributed by atoms with Crippen molar-refractivity contribution in [3.63, 3.8) is 0 Å². The van der Waals surface area contributed by atoms with Crippen LogP contribution in [0.5, 0.6) is 0 Å². The van der Waals surface area contributed by atoms with Gasteiger partial charge >= 0.3 is 0 Å². The van der Waals surface area contributed by atoms with Gasteiger partial charge in [-0.15, -0.1) is 11.8 Å². The number of rotatable bonds is 2. The van der Waals surface area contributed by atoms with Crippen LogP contribution in [0.4, 0.5) is 11.5 Å². The molecule has 2 heterocycles. The second-order valence-electron chi connectivity index (χ2n) is 4.26. The number of nitro benzene ring substituents is 1. The second kappa shape index (κ2) is 4.97. The molecule has 102 valence electrons. The van der Waals surface area contributed by atoms with Gasteiger partial charge in [0.05, 0.1) is 22.1 Å². The molecule has 1 atom stereocenters. The zero-order valence-corrected chi connectivity index (χ0v) is 11.0. The van der Waals surface area contributed by atoms with Crippen LogP contribution in [0, 0.1) is 10.1 Å². The molecule has 8 heteroatoms. The Balaban J connectivity index is 2.11. The van der Waals surface area contributed by atoms with Crippen LogP contribution in [-0.4, -0.2) is 26.8 Å². The van der Waals surface area contributed by atoms with E-state index in [-0.39, 0.29) is 22.6 Å². The first-order valence-corrected chi connectivity index (χ1v) is 6.89. The minimum atomic E-state index is -0.407. The molecule has 0 bridgehead atoms. The fourth-order valence-electron chi connectivity index (χ4n) is 2.15. The predicted octanol–water partition coefficient (Wildman–Crippen LogP) is 2.09. The van der Waals surface area contributed by atoms with Crippen LogP contribution in [0.25, 0.3) is 0 Å². The molecule has 0 saturated heterocycles. The first kappa shape index (κ1) is 12.7. The topological polar surface area (TPSA) is 101 Å². The maximum atomic E-state index is 11.6. The summed E-state index contributed by atoms with van der Waals surface area (Å²) in [7, 11) is 0. The van der Waals surface area contributed by atoms with Crippen LogP contribution in [0.3, 0.4) is 0 Å². The number of nitrogens with zero attached hydrogens (tertiary/aromatic N) is 2. The smallest absolute Gasteiger partial charge is 0.274 e. The Labute approximate surface area is 117 Å². The van der Waals surface area contributed by atoms with Crippen molar-refractivity contribution in [3.8, 4) is 0 Å². The summed E-state index contributed by atoms with van der Waals surface area (Å²) in [4.78, 5) is 22.4. The number of thioether (sulfide) groups is 1. The monoisotopic (exact) mass is 290 g/mol. The van der Waals surface area contributed by atoms with Crippen molar-refractivity contribution in [3.05, 3.63) is 51.7 Å². The number of para-hydroxylation sites is 1. The molecule has 1 aliphatic rings. The number of carbonyl (C=O) groups excluding carboxylic acids is 1. The molecule has 0 aliphatic carbocycles. The van der Waals surface area contributed by atoms with Crippen LogP contribution >= 0.6 is 11.8 Å². The van der Waals surface area contributed by atoms with Gasteiger partial charge in [0.15, 0.2) is 0 Å². The minimum absolute atomic E-state index is 0.0477. The molecule has 3 rings (SSSR count). The summed E-state index contributed by atoms with van der Waals surface area (Å²) in [6.07, 6.45) is 1.59. The van der Waals surface area contributed by atoms with Gasteiger partial charge in [-0.2, -0.15) is 5.10 Å². The van der Waals surface area contributed by atoms with E-state index in [0.717, 1.165) is 5.56 Å². The lowest BCUT2D eigenvalue weighted by Crippen LogP contribution is -2.12. The molecule has 1 unspecified atom stereocenters. The average Bonchev–Trinajstić information content (AvgIpc) is 2.81. The van der Waals surface area contributed by atoms with Gasteiger partial charge in [-0.25, -0.2) is 0 Å². The van der Waals surface area contributed by atoms with Crippen LogP contribution in [0.1, 0.15) is 16.4 Å². The van der Waals surface area contributed by atoms with Gasteiger partial charge in [0, 0.05) is 17.2 Å². The Morgan fingerprint density at radius 3 is 2.95 bits per heavy atom. The Morgan fingerprint density at radius 1 is 1.35 bits per heavy atom. The fraction of sp³-hybridized carbons (Fsp3) is 0.167. The van der Waals surface area contributed by atoms with Crippen molar-refractivity contribution < 1.29 is 9.72 Å². The first-order chi connectivity index (χ1) is 9.66. The minimum Gasteiger partial charge on any atom is -0.310 e. The van der Waals surface area contributed by atoms with E-state index in [0.29, 0.717) is 11.4 Å². The van der Waals surface area contributed by atoms with Crippen molar-refractivity contribution in [1.29, 1.82) is 0 Å². The predicted molar refractivity (Wildman–Crippen MR) is 74.6 cm³/mol. The lowest BCUT2D eigenvalue weighted by atomic mass is 10.0. The van der Waals surface area contributed by atoms with E-state index in [1.165, 1.54) is 17.8 Å². The summed E-state index contributed by atoms with van der Waals surface area (Å²) in [5, 5.41) is 20.2. The number of hydrogen-bond acceptors (Lipinski definition) is 5. The highest BCUT2D eigenvalue weighted by atomic mass is 32.2. The van der Waals surface area contributed by atoms with E-state index in [9.17, 15) is 14.9 Å². The second-order valence-corrected chi connectivity index (χ2v) is 5.35. The highest BCUT2D eigenvalue weighted by molar-refractivity contribution is 8.00. The summed E-state index contributed by atoms with van der Waals surface area (Å²) in [6.45, 7) is 0. The Kier molecular flexibility index (Phi) is 3.15. The normalized spacial score (nSPS) is 18.0. The number of hydrogen-bond donors (Lipinski definition) is 2. The molecule has 20 heavy (non-hydrogen) atoms. The maximum Gasteiger partial charge on any atom is 0.274 e. The molecule has 1 aromatic carbocycles. The molecule has 0 fully saturated rings. The van der Waals surface area contributed by atoms with Crippen LogP contribution in [0.15, 0.2) is 30.5 Å². The van der Waals surface area contributed by atoms with Gasteiger partial charge in [0.1, 0.15) is 5.82 Å². The summed E-state index contributed by atoms with van der Waals surface area (Å²) in [6, 6.07) is 6.56. The van der Waals surface area contributed by atoms with E-state index in [1.54, 1.807) is 24.4 Å². The van der Waals surface area contributed by atoms with Gasteiger partial charge in [0.25, 0.3) is 5.69 Å². The molecule has 7 nitrogen and oxygen atoms in total. The summed E-state index contributed by atoms with van der Waals surface area (Å²) < 4.78 is 0. The first-order valence-electron chi connectivity index (χ1n) is 5.85. The molecule has 0 saturated carbocycles. The van der Waals surface area contributed by atoms with E-state index in [1.807, 2.05) is 0 Å². The Morgan fingerprint density at radius 2 is 2.15 bits per heavy atom. The molecule has 1 aromatic heterocycles. The quantitative estimate of drug-likeness (QED) is 0.651. The SMILES string of the molecule is O=C1CSC(c2ccccc2[N+](=O)[O-])c2cn[nH]c2N1. The van der Waals surface area contributed by atoms with Gasteiger partial charge < -0.3 is 5.32 Å². The Hall–Kier alpha value is -2.35. The Bertz CT molecular complexity index is 685. The van der Waals surface area contributed by atoms with E-state index in [4.69, 9.17) is 0 Å². The molecule has 2 aromatic rings. The number of anilines is 1. The van der Waals surface area contributed by atoms with Crippen molar-refractivity contribution >= 4 is 29.2 Å². The van der Waals surface area contributed by atoms with E-state index in [2.05, 4.69) is 15.5 Å². The third-order valence-corrected chi connectivity index (χ3v) is 4.28. The standard InChI is InChI=1S/C12H10N4O3S/c17-10-6-20-11(8-5-13-15-12(8)14-10)7-3-1-2-4-9(7)16(18)19/h1-5,11H,6H2,(H2,13,14,15,17). The van der Waals surface area contributed by atoms with Crippen molar-refractivity contribution in [1.82, 2.24) is 10.2 Å². The van der Waals surface area contributed by atoms with Crippen molar-refractivity contribution in [2.45, 2.75) is 5.25 Å². The third kappa shape index (κ3) is 2.14. The van der Waals surface area contributed by atoms with Crippen LogP contribution < -0.4 is 5.32 Å². The average molecular weight is 290 g/mol. The summed E-state index contributed by atoms with van der Waals surface area (Å²) in [5.74, 6) is 0.587. The van der Waals surface area contributed by atoms with E-state index >= 15 is 0 Å². The lowest BCUT2D eigenvalue weighted by Gasteiger charge is -2.13. The van der Waals surface area contributed by atoms with Gasteiger partial charge in [-0.3, -0.25) is 20.0 Å². The molecule has 1 amide bonds. The zero-order chi connectivity index (χ0) is 14.1. The van der Waals surface area contributed by atoms with Crippen LogP contribution in [-0.2, 0) is 4.79 Å². The number of fused-ring (bicyclic) bond motifs is 1. The largest absolute Gasteiger partial charge is 0.310 e. The number of carbonyl (C=O) groups is 1. The number of aromatic nitrogens is 2. The number of amides is 1. The van der Waals surface area contributed by atoms with Crippen LogP contribution in [0.2, 0.25) is 0 Å². The van der Waals surface area contributed by atoms with Gasteiger partial charge in [-0.1, -0.05) is 18.2 Å². The summed E-state index contributed by atoms with van der Waals surface area (Å²) >= 11 is 1.35. The number of nitro groups is 1. The highest BCUT2D eigenvalue weighted by Crippen LogP contribution is 2.43. The highest BCUT2D eigenvalue weighted by Gasteiger charge is 2.30. The number of H-pyrrole nitrogens is 1. The summed E-state index contributed by atoms with van der Waals surface area (Å²) in [5.41, 5.74) is 1.36. The fourth-order valence-corrected chi connectivity index (χ4v) is 3.28. The molecular weight excluding hydrogens is 280 g/mol. The molecule has 0 radical (unpaired) electrons. The molecular formula is C12H10N4O3S. The molecule has 2 N–H and O–H groups in total. The third-order valence-electron chi connectivity index (χ3n) is 3.01. The maximum absolute atomic E-state index is 11.6. The van der Waals surface area contributed by atoms with Gasteiger partial charge in [-0.05, 0) is 0 Å². The van der Waals surface area contributed by atoms with Crippen molar-refractivity contribution in [2.24, 2.45) is 0 Å². The lowest BCUT2D eigenvalue weighted by molar-refractivity contribution is -0.385. The molecule has 0 spiro atoms. The number of aromatic amines is 1. The zero-order valence-electron chi connectivity index (χ0n) is 10.2. The van der Waals surface area contributed by atoms with E-state index < -0.39 is 4.92 Å². The van der Waals surface area contributed by atoms with Gasteiger partial charge in [0.2, 0.25) is 5.91 Å². The van der Waals surface area contributed by atoms with Crippen molar-refractivity contribution in [2.75, 3.05) is 11.1 Å². The molecule has 1 aliphatic heterocycles. The number of nitrogens with one attached hydrogen (secondary N) is 2. The number of benzene rings is 1.